The fraction of sp³-hybridized carbons (Fsp3) is 0.176. The molecule has 0 spiro atoms. The van der Waals surface area contributed by atoms with Gasteiger partial charge in [-0.15, -0.1) is 0 Å². The molecule has 0 unspecified atom stereocenters. The lowest BCUT2D eigenvalue weighted by molar-refractivity contribution is 0.262. The molecule has 0 aliphatic carbocycles. The molecule has 2 aromatic carbocycles. The zero-order valence-corrected chi connectivity index (χ0v) is 15.1. The molecule has 2 aromatic rings. The van der Waals surface area contributed by atoms with Gasteiger partial charge in [0, 0.05) is 23.5 Å². The highest BCUT2D eigenvalue weighted by Crippen LogP contribution is 2.15. The van der Waals surface area contributed by atoms with E-state index in [1.165, 1.54) is 24.3 Å². The van der Waals surface area contributed by atoms with Crippen molar-refractivity contribution in [1.29, 1.82) is 5.41 Å². The molecule has 138 valence electrons. The first-order valence-corrected chi connectivity index (χ1v) is 9.42. The number of amidine groups is 1. The number of hydrogen-bond acceptors (Lipinski definition) is 4. The molecule has 0 atom stereocenters. The van der Waals surface area contributed by atoms with Crippen LogP contribution in [0.3, 0.4) is 0 Å². The SMILES string of the molecule is CCCNS(=O)(=O)c1ccc(NC(=O)Nc2cccc(C(=N)N)c2)cc1. The van der Waals surface area contributed by atoms with Gasteiger partial charge in [-0.1, -0.05) is 19.1 Å². The maximum Gasteiger partial charge on any atom is 0.323 e. The normalized spacial score (nSPS) is 11.0. The maximum atomic E-state index is 12.0. The van der Waals surface area contributed by atoms with Crippen molar-refractivity contribution in [3.05, 3.63) is 54.1 Å². The molecule has 0 aromatic heterocycles. The Kier molecular flexibility index (Phi) is 6.31. The summed E-state index contributed by atoms with van der Waals surface area (Å²) in [5, 5.41) is 12.6. The van der Waals surface area contributed by atoms with Crippen LogP contribution in [0.4, 0.5) is 16.2 Å². The molecule has 0 bridgehead atoms. The van der Waals surface area contributed by atoms with Crippen molar-refractivity contribution in [1.82, 2.24) is 4.72 Å². The average Bonchev–Trinajstić information content (AvgIpc) is 2.60. The Bertz CT molecular complexity index is 895. The minimum Gasteiger partial charge on any atom is -0.384 e. The van der Waals surface area contributed by atoms with Crippen LogP contribution in [-0.4, -0.2) is 26.8 Å². The minimum absolute atomic E-state index is 0.0949. The van der Waals surface area contributed by atoms with Gasteiger partial charge in [-0.2, -0.15) is 0 Å². The minimum atomic E-state index is -3.54. The molecule has 8 nitrogen and oxygen atoms in total. The summed E-state index contributed by atoms with van der Waals surface area (Å²) < 4.78 is 26.5. The molecule has 0 aliphatic heterocycles. The number of rotatable bonds is 7. The number of nitrogens with one attached hydrogen (secondary N) is 4. The highest BCUT2D eigenvalue weighted by molar-refractivity contribution is 7.89. The van der Waals surface area contributed by atoms with Gasteiger partial charge >= 0.3 is 6.03 Å². The van der Waals surface area contributed by atoms with Crippen LogP contribution in [0.25, 0.3) is 0 Å². The van der Waals surface area contributed by atoms with E-state index in [0.29, 0.717) is 29.9 Å². The molecule has 0 heterocycles. The molecule has 0 saturated carbocycles. The summed E-state index contributed by atoms with van der Waals surface area (Å²) in [6, 6.07) is 11.9. The summed E-state index contributed by atoms with van der Waals surface area (Å²) in [5.74, 6) is -0.0949. The lowest BCUT2D eigenvalue weighted by atomic mass is 10.2. The molecule has 2 amide bonds. The molecular weight excluding hydrogens is 354 g/mol. The second-order valence-corrected chi connectivity index (χ2v) is 7.26. The molecule has 0 aliphatic rings. The summed E-state index contributed by atoms with van der Waals surface area (Å²) in [5.41, 5.74) is 6.84. The monoisotopic (exact) mass is 375 g/mol. The van der Waals surface area contributed by atoms with E-state index in [1.807, 2.05) is 6.92 Å². The van der Waals surface area contributed by atoms with Crippen molar-refractivity contribution >= 4 is 33.3 Å². The fourth-order valence-corrected chi connectivity index (χ4v) is 3.23. The van der Waals surface area contributed by atoms with Gasteiger partial charge in [0.15, 0.2) is 0 Å². The van der Waals surface area contributed by atoms with Gasteiger partial charge in [-0.05, 0) is 42.8 Å². The van der Waals surface area contributed by atoms with Crippen LogP contribution < -0.4 is 21.1 Å². The van der Waals surface area contributed by atoms with Crippen LogP contribution >= 0.6 is 0 Å². The summed E-state index contributed by atoms with van der Waals surface area (Å²) in [7, 11) is -3.54. The van der Waals surface area contributed by atoms with E-state index in [0.717, 1.165) is 0 Å². The smallest absolute Gasteiger partial charge is 0.323 e. The Balaban J connectivity index is 2.01. The molecular formula is C17H21N5O3S. The first kappa shape index (κ1) is 19.4. The third kappa shape index (κ3) is 5.30. The Morgan fingerprint density at radius 3 is 2.35 bits per heavy atom. The Hall–Kier alpha value is -2.91. The number of hydrogen-bond donors (Lipinski definition) is 5. The molecule has 0 saturated heterocycles. The zero-order chi connectivity index (χ0) is 19.2. The van der Waals surface area contributed by atoms with Crippen molar-refractivity contribution < 1.29 is 13.2 Å². The second-order valence-electron chi connectivity index (χ2n) is 5.50. The Morgan fingerprint density at radius 1 is 1.08 bits per heavy atom. The Labute approximate surface area is 152 Å². The number of anilines is 2. The highest BCUT2D eigenvalue weighted by atomic mass is 32.2. The quantitative estimate of drug-likeness (QED) is 0.374. The van der Waals surface area contributed by atoms with Crippen LogP contribution in [-0.2, 0) is 10.0 Å². The van der Waals surface area contributed by atoms with Crippen LogP contribution in [0.2, 0.25) is 0 Å². The van der Waals surface area contributed by atoms with E-state index in [-0.39, 0.29) is 10.7 Å². The zero-order valence-electron chi connectivity index (χ0n) is 14.2. The summed E-state index contributed by atoms with van der Waals surface area (Å²) in [6.07, 6.45) is 0.698. The number of nitrogen functional groups attached to an aromatic ring is 1. The van der Waals surface area contributed by atoms with Gasteiger partial charge < -0.3 is 16.4 Å². The lowest BCUT2D eigenvalue weighted by Gasteiger charge is -2.10. The van der Waals surface area contributed by atoms with Crippen LogP contribution in [0.1, 0.15) is 18.9 Å². The first-order valence-electron chi connectivity index (χ1n) is 7.94. The second kappa shape index (κ2) is 8.45. The fourth-order valence-electron chi connectivity index (χ4n) is 2.10. The van der Waals surface area contributed by atoms with E-state index < -0.39 is 16.1 Å². The van der Waals surface area contributed by atoms with E-state index in [4.69, 9.17) is 11.1 Å². The van der Waals surface area contributed by atoms with Gasteiger partial charge in [-0.25, -0.2) is 17.9 Å². The standard InChI is InChI=1S/C17H21N5O3S/c1-2-10-20-26(24,25)15-8-6-13(7-9-15)21-17(23)22-14-5-3-4-12(11-14)16(18)19/h3-9,11,20H,2,10H2,1H3,(H3,18,19)(H2,21,22,23). The number of carbonyl (C=O) groups excluding carboxylic acids is 1. The summed E-state index contributed by atoms with van der Waals surface area (Å²) in [4.78, 5) is 12.2. The third-order valence-electron chi connectivity index (χ3n) is 3.40. The number of nitrogens with two attached hydrogens (primary N) is 1. The number of amides is 2. The largest absolute Gasteiger partial charge is 0.384 e. The van der Waals surface area contributed by atoms with Crippen LogP contribution in [0.5, 0.6) is 0 Å². The highest BCUT2D eigenvalue weighted by Gasteiger charge is 2.13. The molecule has 26 heavy (non-hydrogen) atoms. The van der Waals surface area contributed by atoms with Gasteiger partial charge in [-0.3, -0.25) is 5.41 Å². The van der Waals surface area contributed by atoms with E-state index in [2.05, 4.69) is 15.4 Å². The molecule has 6 N–H and O–H groups in total. The van der Waals surface area contributed by atoms with Crippen molar-refractivity contribution in [2.24, 2.45) is 5.73 Å². The van der Waals surface area contributed by atoms with Gasteiger partial charge in [0.2, 0.25) is 10.0 Å². The van der Waals surface area contributed by atoms with Crippen LogP contribution in [0, 0.1) is 5.41 Å². The van der Waals surface area contributed by atoms with Crippen molar-refractivity contribution in [3.63, 3.8) is 0 Å². The number of carbonyl (C=O) groups is 1. The predicted molar refractivity (Wildman–Crippen MR) is 102 cm³/mol. The van der Waals surface area contributed by atoms with E-state index in [1.54, 1.807) is 24.3 Å². The molecule has 0 radical (unpaired) electrons. The van der Waals surface area contributed by atoms with Crippen molar-refractivity contribution in [2.45, 2.75) is 18.2 Å². The van der Waals surface area contributed by atoms with Gasteiger partial charge in [0.1, 0.15) is 5.84 Å². The van der Waals surface area contributed by atoms with Crippen LogP contribution in [0.15, 0.2) is 53.4 Å². The molecule has 0 fully saturated rings. The lowest BCUT2D eigenvalue weighted by Crippen LogP contribution is -2.24. The number of sulfonamides is 1. The maximum absolute atomic E-state index is 12.0. The average molecular weight is 375 g/mol. The number of urea groups is 1. The topological polar surface area (TPSA) is 137 Å². The predicted octanol–water partition coefficient (Wildman–Crippen LogP) is 2.30. The summed E-state index contributed by atoms with van der Waals surface area (Å²) >= 11 is 0. The summed E-state index contributed by atoms with van der Waals surface area (Å²) in [6.45, 7) is 2.24. The number of benzene rings is 2. The van der Waals surface area contributed by atoms with E-state index >= 15 is 0 Å². The molecule has 2 rings (SSSR count). The van der Waals surface area contributed by atoms with Gasteiger partial charge in [0.05, 0.1) is 4.90 Å². The molecule has 9 heteroatoms. The van der Waals surface area contributed by atoms with E-state index in [9.17, 15) is 13.2 Å². The Morgan fingerprint density at radius 2 is 1.73 bits per heavy atom. The van der Waals surface area contributed by atoms with Gasteiger partial charge in [0.25, 0.3) is 0 Å². The van der Waals surface area contributed by atoms with Crippen molar-refractivity contribution in [3.8, 4) is 0 Å². The first-order chi connectivity index (χ1) is 12.3. The third-order valence-corrected chi connectivity index (χ3v) is 4.87. The van der Waals surface area contributed by atoms with Crippen molar-refractivity contribution in [2.75, 3.05) is 17.2 Å².